The Labute approximate surface area is 114 Å². The van der Waals surface area contributed by atoms with Crippen LogP contribution in [0.2, 0.25) is 0 Å². The van der Waals surface area contributed by atoms with Gasteiger partial charge in [0.15, 0.2) is 5.03 Å². The summed E-state index contributed by atoms with van der Waals surface area (Å²) < 4.78 is 26.6. The molecule has 1 heterocycles. The lowest BCUT2D eigenvalue weighted by Crippen LogP contribution is -2.28. The molecule has 0 radical (unpaired) electrons. The molecule has 1 aliphatic carbocycles. The van der Waals surface area contributed by atoms with Gasteiger partial charge in [-0.1, -0.05) is 25.3 Å². The van der Waals surface area contributed by atoms with Gasteiger partial charge in [-0.2, -0.15) is 0 Å². The van der Waals surface area contributed by atoms with Crippen LogP contribution in [0.25, 0.3) is 0 Å². The van der Waals surface area contributed by atoms with Crippen molar-refractivity contribution < 1.29 is 8.42 Å². The normalized spacial score (nSPS) is 16.3. The number of nitrogens with zero attached hydrogens (tertiary/aromatic N) is 1. The molecule has 1 fully saturated rings. The lowest BCUT2D eigenvalue weighted by atomic mass is 9.83. The lowest BCUT2D eigenvalue weighted by Gasteiger charge is -2.25. The van der Waals surface area contributed by atoms with Crippen molar-refractivity contribution in [3.05, 3.63) is 23.9 Å². The van der Waals surface area contributed by atoms with E-state index in [4.69, 9.17) is 0 Å². The van der Waals surface area contributed by atoms with Crippen LogP contribution < -0.4 is 10.0 Å². The van der Waals surface area contributed by atoms with Gasteiger partial charge in [0.05, 0.1) is 0 Å². The molecule has 2 rings (SSSR count). The van der Waals surface area contributed by atoms with Crippen molar-refractivity contribution in [2.75, 3.05) is 13.6 Å². The fourth-order valence-corrected chi connectivity index (χ4v) is 3.10. The number of hydrogen-bond acceptors (Lipinski definition) is 4. The second kappa shape index (κ2) is 6.45. The highest BCUT2D eigenvalue weighted by Crippen LogP contribution is 2.28. The van der Waals surface area contributed by atoms with Crippen molar-refractivity contribution in [3.63, 3.8) is 0 Å². The van der Waals surface area contributed by atoms with Crippen molar-refractivity contribution in [2.24, 2.45) is 5.92 Å². The Morgan fingerprint density at radius 3 is 2.68 bits per heavy atom. The predicted molar refractivity (Wildman–Crippen MR) is 74.1 cm³/mol. The largest absolute Gasteiger partial charge is 0.316 e. The number of sulfonamides is 1. The summed E-state index contributed by atoms with van der Waals surface area (Å²) in [6, 6.07) is 3.34. The highest BCUT2D eigenvalue weighted by atomic mass is 32.2. The van der Waals surface area contributed by atoms with Crippen LogP contribution in [0.3, 0.4) is 0 Å². The average Bonchev–Trinajstić information content (AvgIpc) is 2.33. The first-order valence-electron chi connectivity index (χ1n) is 6.71. The summed E-state index contributed by atoms with van der Waals surface area (Å²) in [5.41, 5.74) is 0.968. The summed E-state index contributed by atoms with van der Waals surface area (Å²) in [7, 11) is -1.61. The molecule has 0 unspecified atom stereocenters. The van der Waals surface area contributed by atoms with Crippen molar-refractivity contribution in [2.45, 2.75) is 37.3 Å². The number of nitrogens with one attached hydrogen (secondary N) is 2. The third-order valence-electron chi connectivity index (χ3n) is 3.52. The van der Waals surface area contributed by atoms with Crippen LogP contribution >= 0.6 is 0 Å². The summed E-state index contributed by atoms with van der Waals surface area (Å²) >= 11 is 0. The third-order valence-corrected chi connectivity index (χ3v) is 4.90. The second-order valence-corrected chi connectivity index (χ2v) is 6.73. The molecule has 1 aromatic rings. The zero-order chi connectivity index (χ0) is 13.7. The average molecular weight is 283 g/mol. The molecule has 1 saturated carbocycles. The van der Waals surface area contributed by atoms with Gasteiger partial charge in [-0.3, -0.25) is 0 Å². The molecule has 1 aliphatic rings. The molecule has 0 saturated heterocycles. The quantitative estimate of drug-likeness (QED) is 0.790. The number of hydrogen-bond donors (Lipinski definition) is 2. The number of aromatic nitrogens is 1. The van der Waals surface area contributed by atoms with E-state index in [2.05, 4.69) is 15.0 Å². The first-order valence-corrected chi connectivity index (χ1v) is 8.19. The molecule has 0 amide bonds. The van der Waals surface area contributed by atoms with E-state index in [9.17, 15) is 8.42 Å². The van der Waals surface area contributed by atoms with Gasteiger partial charge in [-0.25, -0.2) is 18.1 Å². The summed E-state index contributed by atoms with van der Waals surface area (Å²) in [6.07, 6.45) is 6.28. The van der Waals surface area contributed by atoms with Gasteiger partial charge in [-0.15, -0.1) is 0 Å². The van der Waals surface area contributed by atoms with Gasteiger partial charge in [0.25, 0.3) is 10.0 Å². The standard InChI is InChI=1S/C13H21N3O2S/c1-14-9-12-5-6-13(15-10-12)19(17,18)16-8-7-11-3-2-4-11/h5-6,10-11,14,16H,2-4,7-9H2,1H3. The van der Waals surface area contributed by atoms with Gasteiger partial charge >= 0.3 is 0 Å². The highest BCUT2D eigenvalue weighted by molar-refractivity contribution is 7.89. The molecule has 0 atom stereocenters. The Balaban J connectivity index is 1.90. The summed E-state index contributed by atoms with van der Waals surface area (Å²) in [4.78, 5) is 4.01. The minimum atomic E-state index is -3.45. The van der Waals surface area contributed by atoms with E-state index in [1.807, 2.05) is 7.05 Å². The molecule has 0 aliphatic heterocycles. The highest BCUT2D eigenvalue weighted by Gasteiger charge is 2.19. The zero-order valence-electron chi connectivity index (χ0n) is 11.2. The SMILES string of the molecule is CNCc1ccc(S(=O)(=O)NCCC2CCC2)nc1. The molecule has 0 spiro atoms. The second-order valence-electron chi connectivity index (χ2n) is 5.02. The van der Waals surface area contributed by atoms with Gasteiger partial charge in [0.2, 0.25) is 0 Å². The van der Waals surface area contributed by atoms with Gasteiger partial charge < -0.3 is 5.32 Å². The third kappa shape index (κ3) is 3.99. The van der Waals surface area contributed by atoms with Crippen molar-refractivity contribution in [3.8, 4) is 0 Å². The van der Waals surface area contributed by atoms with E-state index in [1.165, 1.54) is 19.3 Å². The van der Waals surface area contributed by atoms with E-state index in [1.54, 1.807) is 18.3 Å². The maximum absolute atomic E-state index is 12.0. The Morgan fingerprint density at radius 1 is 1.37 bits per heavy atom. The maximum Gasteiger partial charge on any atom is 0.258 e. The van der Waals surface area contributed by atoms with Crippen LogP contribution in [0.4, 0.5) is 0 Å². The monoisotopic (exact) mass is 283 g/mol. The summed E-state index contributed by atoms with van der Waals surface area (Å²) in [5, 5.41) is 3.09. The maximum atomic E-state index is 12.0. The van der Waals surface area contributed by atoms with Crippen LogP contribution in [-0.4, -0.2) is 27.0 Å². The predicted octanol–water partition coefficient (Wildman–Crippen LogP) is 1.27. The van der Waals surface area contributed by atoms with E-state index in [0.29, 0.717) is 19.0 Å². The van der Waals surface area contributed by atoms with Gasteiger partial charge in [0.1, 0.15) is 0 Å². The van der Waals surface area contributed by atoms with E-state index < -0.39 is 10.0 Å². The van der Waals surface area contributed by atoms with Crippen LogP contribution in [0.1, 0.15) is 31.2 Å². The molecule has 19 heavy (non-hydrogen) atoms. The molecule has 5 nitrogen and oxygen atoms in total. The number of rotatable bonds is 7. The Hall–Kier alpha value is -0.980. The molecule has 106 valence electrons. The molecule has 0 bridgehead atoms. The van der Waals surface area contributed by atoms with Crippen LogP contribution in [0.15, 0.2) is 23.4 Å². The van der Waals surface area contributed by atoms with Crippen LogP contribution in [0, 0.1) is 5.92 Å². The van der Waals surface area contributed by atoms with Gasteiger partial charge in [0, 0.05) is 19.3 Å². The van der Waals surface area contributed by atoms with Crippen LogP contribution in [0.5, 0.6) is 0 Å². The van der Waals surface area contributed by atoms with E-state index >= 15 is 0 Å². The Morgan fingerprint density at radius 2 is 2.16 bits per heavy atom. The van der Waals surface area contributed by atoms with Crippen molar-refractivity contribution in [1.29, 1.82) is 0 Å². The van der Waals surface area contributed by atoms with Crippen molar-refractivity contribution in [1.82, 2.24) is 15.0 Å². The topological polar surface area (TPSA) is 71.1 Å². The number of pyridine rings is 1. The first-order chi connectivity index (χ1) is 9.12. The molecular formula is C13H21N3O2S. The Kier molecular flexibility index (Phi) is 4.90. The smallest absolute Gasteiger partial charge is 0.258 e. The van der Waals surface area contributed by atoms with E-state index in [-0.39, 0.29) is 5.03 Å². The fourth-order valence-electron chi connectivity index (χ4n) is 2.13. The summed E-state index contributed by atoms with van der Waals surface area (Å²) in [6.45, 7) is 1.19. The lowest BCUT2D eigenvalue weighted by molar-refractivity contribution is 0.297. The van der Waals surface area contributed by atoms with Crippen molar-refractivity contribution >= 4 is 10.0 Å². The fraction of sp³-hybridized carbons (Fsp3) is 0.615. The molecular weight excluding hydrogens is 262 g/mol. The Bertz CT molecular complexity index is 495. The molecule has 0 aromatic carbocycles. The molecule has 1 aromatic heterocycles. The molecule has 2 N–H and O–H groups in total. The van der Waals surface area contributed by atoms with E-state index in [0.717, 1.165) is 12.0 Å². The zero-order valence-corrected chi connectivity index (χ0v) is 12.0. The first kappa shape index (κ1) is 14.4. The van der Waals surface area contributed by atoms with Gasteiger partial charge in [-0.05, 0) is 31.0 Å². The summed E-state index contributed by atoms with van der Waals surface area (Å²) in [5.74, 6) is 0.702. The van der Waals surface area contributed by atoms with Crippen LogP contribution in [-0.2, 0) is 16.6 Å². The minimum absolute atomic E-state index is 0.0981. The molecule has 6 heteroatoms. The minimum Gasteiger partial charge on any atom is -0.316 e.